The molecule has 0 N–H and O–H groups in total. The number of fused-ring (bicyclic) bond motifs is 3. The number of carbonyl (C=O) groups is 1. The summed E-state index contributed by atoms with van der Waals surface area (Å²) in [6.45, 7) is 0. The van der Waals surface area contributed by atoms with Gasteiger partial charge in [0.25, 0.3) is 0 Å². The number of para-hydroxylation sites is 1. The van der Waals surface area contributed by atoms with Crippen molar-refractivity contribution in [2.24, 2.45) is 0 Å². The van der Waals surface area contributed by atoms with Crippen molar-refractivity contribution in [1.29, 1.82) is 0 Å². The molecule has 1 heterocycles. The number of allylic oxidation sites excluding steroid dienone is 4. The molecule has 0 spiro atoms. The van der Waals surface area contributed by atoms with E-state index in [2.05, 4.69) is 30.4 Å². The molecule has 0 aliphatic heterocycles. The molecule has 3 aromatic rings. The largest absolute Gasteiger partial charge is 0.289 e. The fourth-order valence-corrected chi connectivity index (χ4v) is 3.81. The monoisotopic (exact) mass is 309 g/mol. The summed E-state index contributed by atoms with van der Waals surface area (Å²) in [6, 6.07) is 18.3. The molecule has 2 aliphatic carbocycles. The second-order valence-corrected chi connectivity index (χ2v) is 6.26. The first-order chi connectivity index (χ1) is 11.8. The summed E-state index contributed by atoms with van der Waals surface area (Å²) in [7, 11) is 0. The van der Waals surface area contributed by atoms with Gasteiger partial charge in [-0.15, -0.1) is 0 Å². The summed E-state index contributed by atoms with van der Waals surface area (Å²) >= 11 is 0. The molecule has 2 aromatic carbocycles. The fourth-order valence-electron chi connectivity index (χ4n) is 3.81. The van der Waals surface area contributed by atoms with Crippen molar-refractivity contribution in [2.75, 3.05) is 0 Å². The van der Waals surface area contributed by atoms with Gasteiger partial charge in [-0.05, 0) is 24.5 Å². The zero-order valence-electron chi connectivity index (χ0n) is 13.1. The van der Waals surface area contributed by atoms with Gasteiger partial charge in [-0.1, -0.05) is 60.7 Å². The molecular formula is C22H15NO. The maximum absolute atomic E-state index is 13.1. The third-order valence-corrected chi connectivity index (χ3v) is 4.88. The van der Waals surface area contributed by atoms with Crippen LogP contribution in [0.25, 0.3) is 27.6 Å². The van der Waals surface area contributed by atoms with Gasteiger partial charge in [0.2, 0.25) is 0 Å². The second-order valence-electron chi connectivity index (χ2n) is 6.26. The van der Waals surface area contributed by atoms with Crippen molar-refractivity contribution in [3.63, 3.8) is 0 Å². The van der Waals surface area contributed by atoms with Crippen LogP contribution in [-0.4, -0.2) is 10.8 Å². The number of benzene rings is 2. The Morgan fingerprint density at radius 3 is 2.54 bits per heavy atom. The molecule has 2 heteroatoms. The molecule has 0 amide bonds. The lowest BCUT2D eigenvalue weighted by atomic mass is 9.93. The number of ketones is 1. The van der Waals surface area contributed by atoms with E-state index in [1.807, 2.05) is 36.4 Å². The zero-order chi connectivity index (χ0) is 16.1. The molecule has 0 radical (unpaired) electrons. The predicted molar refractivity (Wildman–Crippen MR) is 96.8 cm³/mol. The lowest BCUT2D eigenvalue weighted by Crippen LogP contribution is -2.03. The van der Waals surface area contributed by atoms with E-state index < -0.39 is 0 Å². The summed E-state index contributed by atoms with van der Waals surface area (Å²) in [4.78, 5) is 18.0. The Labute approximate surface area is 140 Å². The standard InChI is InChI=1S/C22H15NO/c24-22-16-11-5-4-10-15(16)21-20(22)19(14-8-2-1-3-9-14)17-12-6-7-13-18(17)23-21/h1-4,6-10,12-13H,5,11H2. The molecule has 0 unspecified atom stereocenters. The maximum Gasteiger partial charge on any atom is 0.192 e. The van der Waals surface area contributed by atoms with E-state index in [9.17, 15) is 4.79 Å². The Kier molecular flexibility index (Phi) is 2.80. The van der Waals surface area contributed by atoms with Crippen LogP contribution in [0.15, 0.2) is 72.3 Å². The van der Waals surface area contributed by atoms with Crippen LogP contribution in [0, 0.1) is 0 Å². The molecule has 1 aromatic heterocycles. The van der Waals surface area contributed by atoms with Crippen LogP contribution in [0.5, 0.6) is 0 Å². The summed E-state index contributed by atoms with van der Waals surface area (Å²) in [5.41, 5.74) is 6.60. The smallest absolute Gasteiger partial charge is 0.192 e. The number of rotatable bonds is 1. The molecule has 0 saturated heterocycles. The lowest BCUT2D eigenvalue weighted by molar-refractivity contribution is 0.103. The molecule has 0 fully saturated rings. The Morgan fingerprint density at radius 2 is 1.67 bits per heavy atom. The van der Waals surface area contributed by atoms with E-state index in [1.54, 1.807) is 0 Å². The minimum atomic E-state index is 0.154. The predicted octanol–water partition coefficient (Wildman–Crippen LogP) is 5.20. The molecule has 5 rings (SSSR count). The average Bonchev–Trinajstić information content (AvgIpc) is 2.93. The average molecular weight is 309 g/mol. The normalized spacial score (nSPS) is 15.8. The minimum Gasteiger partial charge on any atom is -0.289 e. The van der Waals surface area contributed by atoms with E-state index in [4.69, 9.17) is 4.98 Å². The van der Waals surface area contributed by atoms with Gasteiger partial charge in [0.05, 0.1) is 16.8 Å². The molecular weight excluding hydrogens is 294 g/mol. The SMILES string of the molecule is O=C1C2=C(C=CCC2)c2nc3ccccc3c(-c3ccccc3)c21. The first kappa shape index (κ1) is 13.4. The highest BCUT2D eigenvalue weighted by atomic mass is 16.1. The summed E-state index contributed by atoms with van der Waals surface area (Å²) < 4.78 is 0. The van der Waals surface area contributed by atoms with Crippen LogP contribution in [0.1, 0.15) is 28.9 Å². The quantitative estimate of drug-likeness (QED) is 0.618. The molecule has 24 heavy (non-hydrogen) atoms. The van der Waals surface area contributed by atoms with Gasteiger partial charge in [-0.25, -0.2) is 4.98 Å². The van der Waals surface area contributed by atoms with Crippen LogP contribution < -0.4 is 0 Å². The summed E-state index contributed by atoms with van der Waals surface area (Å²) in [6.07, 6.45) is 5.95. The first-order valence-electron chi connectivity index (χ1n) is 8.27. The van der Waals surface area contributed by atoms with Gasteiger partial charge >= 0.3 is 0 Å². The Bertz CT molecular complexity index is 1060. The summed E-state index contributed by atoms with van der Waals surface area (Å²) in [5, 5.41) is 1.04. The minimum absolute atomic E-state index is 0.154. The highest BCUT2D eigenvalue weighted by Crippen LogP contribution is 2.44. The van der Waals surface area contributed by atoms with Crippen LogP contribution in [0.2, 0.25) is 0 Å². The molecule has 0 atom stereocenters. The maximum atomic E-state index is 13.1. The number of hydrogen-bond donors (Lipinski definition) is 0. The Hall–Kier alpha value is -3.00. The van der Waals surface area contributed by atoms with E-state index in [1.165, 1.54) is 0 Å². The van der Waals surface area contributed by atoms with Gasteiger partial charge in [0, 0.05) is 22.1 Å². The first-order valence-corrected chi connectivity index (χ1v) is 8.27. The van der Waals surface area contributed by atoms with E-state index >= 15 is 0 Å². The van der Waals surface area contributed by atoms with Crippen LogP contribution in [0.3, 0.4) is 0 Å². The molecule has 0 bridgehead atoms. The number of aromatic nitrogens is 1. The van der Waals surface area contributed by atoms with Crippen LogP contribution in [0.4, 0.5) is 0 Å². The van der Waals surface area contributed by atoms with Gasteiger partial charge < -0.3 is 0 Å². The van der Waals surface area contributed by atoms with Gasteiger partial charge in [0.15, 0.2) is 5.78 Å². The summed E-state index contributed by atoms with van der Waals surface area (Å²) in [5.74, 6) is 0.154. The number of pyridine rings is 1. The highest BCUT2D eigenvalue weighted by Gasteiger charge is 2.34. The van der Waals surface area contributed by atoms with E-state index in [0.717, 1.165) is 57.3 Å². The molecule has 2 nitrogen and oxygen atoms in total. The third-order valence-electron chi connectivity index (χ3n) is 4.88. The van der Waals surface area contributed by atoms with Crippen LogP contribution >= 0.6 is 0 Å². The third kappa shape index (κ3) is 1.77. The topological polar surface area (TPSA) is 30.0 Å². The lowest BCUT2D eigenvalue weighted by Gasteiger charge is -2.12. The zero-order valence-corrected chi connectivity index (χ0v) is 13.1. The number of Topliss-reactive ketones (excluding diaryl/α,β-unsaturated/α-hetero) is 1. The van der Waals surface area contributed by atoms with Crippen molar-refractivity contribution in [3.05, 3.63) is 83.6 Å². The Morgan fingerprint density at radius 1 is 0.875 bits per heavy atom. The Balaban J connectivity index is 1.93. The van der Waals surface area contributed by atoms with Gasteiger partial charge in [-0.2, -0.15) is 0 Å². The second kappa shape index (κ2) is 5.00. The van der Waals surface area contributed by atoms with E-state index in [0.29, 0.717) is 0 Å². The number of carbonyl (C=O) groups excluding carboxylic acids is 1. The van der Waals surface area contributed by atoms with Crippen molar-refractivity contribution in [3.8, 4) is 11.1 Å². The van der Waals surface area contributed by atoms with E-state index in [-0.39, 0.29) is 5.78 Å². The van der Waals surface area contributed by atoms with Crippen molar-refractivity contribution >= 4 is 22.3 Å². The molecule has 114 valence electrons. The number of hydrogen-bond acceptors (Lipinski definition) is 2. The van der Waals surface area contributed by atoms with Gasteiger partial charge in [0.1, 0.15) is 0 Å². The van der Waals surface area contributed by atoms with Crippen molar-refractivity contribution in [1.82, 2.24) is 4.98 Å². The molecule has 0 saturated carbocycles. The molecule has 2 aliphatic rings. The van der Waals surface area contributed by atoms with Crippen molar-refractivity contribution in [2.45, 2.75) is 12.8 Å². The van der Waals surface area contributed by atoms with Gasteiger partial charge in [-0.3, -0.25) is 4.79 Å². The highest BCUT2D eigenvalue weighted by molar-refractivity contribution is 6.26. The number of nitrogens with zero attached hydrogens (tertiary/aromatic N) is 1. The fraction of sp³-hybridized carbons (Fsp3) is 0.0909. The van der Waals surface area contributed by atoms with Crippen molar-refractivity contribution < 1.29 is 4.79 Å². The van der Waals surface area contributed by atoms with Crippen LogP contribution in [-0.2, 0) is 0 Å².